The molecule has 0 saturated carbocycles. The van der Waals surface area contributed by atoms with Crippen LogP contribution in [0.25, 0.3) is 5.70 Å². The highest BCUT2D eigenvalue weighted by Gasteiger charge is 2.06. The average molecular weight is 423 g/mol. The average Bonchev–Trinajstić information content (AvgIpc) is 3.16. The number of rotatable bonds is 7. The molecule has 2 aromatic heterocycles. The minimum absolute atomic E-state index is 0.240. The number of hydrogen-bond donors (Lipinski definition) is 0. The lowest BCUT2D eigenvalue weighted by Crippen LogP contribution is -2.03. The first-order chi connectivity index (χ1) is 12.5. The van der Waals surface area contributed by atoms with Gasteiger partial charge in [0.25, 0.3) is 0 Å². The van der Waals surface area contributed by atoms with Crippen molar-refractivity contribution in [2.75, 3.05) is 12.6 Å². The predicted octanol–water partition coefficient (Wildman–Crippen LogP) is 3.70. The summed E-state index contributed by atoms with van der Waals surface area (Å²) in [6, 6.07) is 3.24. The molecule has 140 valence electrons. The Hall–Kier alpha value is -2.48. The van der Waals surface area contributed by atoms with Gasteiger partial charge in [0, 0.05) is 24.5 Å². The van der Waals surface area contributed by atoms with Crippen LogP contribution in [0.5, 0.6) is 0 Å². The fourth-order valence-corrected chi connectivity index (χ4v) is 1.87. The molecule has 8 heteroatoms. The second-order valence-electron chi connectivity index (χ2n) is 4.94. The van der Waals surface area contributed by atoms with Gasteiger partial charge in [-0.25, -0.2) is 14.8 Å². The van der Waals surface area contributed by atoms with Gasteiger partial charge in [0.05, 0.1) is 19.0 Å². The number of aliphatic imine (C=N–C) groups is 1. The zero-order valence-electron chi connectivity index (χ0n) is 15.2. The van der Waals surface area contributed by atoms with Crippen LogP contribution in [0.3, 0.4) is 0 Å². The number of alkyl halides is 1. The van der Waals surface area contributed by atoms with Crippen LogP contribution in [0.4, 0.5) is 0 Å². The number of aryl methyl sites for hydroxylation is 2. The van der Waals surface area contributed by atoms with Crippen LogP contribution in [0.2, 0.25) is 0 Å². The number of carbonyl (C=O) groups is 1. The van der Waals surface area contributed by atoms with Crippen molar-refractivity contribution in [3.63, 3.8) is 0 Å². The number of hydrogen-bond acceptors (Lipinski definition) is 6. The van der Waals surface area contributed by atoms with Crippen LogP contribution in [0.15, 0.2) is 42.3 Å². The second-order valence-corrected chi connectivity index (χ2v) is 5.40. The fraction of sp³-hybridized carbons (Fsp3) is 0.333. The van der Waals surface area contributed by atoms with Crippen molar-refractivity contribution in [3.05, 3.63) is 54.1 Å². The van der Waals surface area contributed by atoms with E-state index in [1.54, 1.807) is 12.1 Å². The summed E-state index contributed by atoms with van der Waals surface area (Å²) in [5, 5.41) is 4.12. The maximum absolute atomic E-state index is 11.1. The van der Waals surface area contributed by atoms with E-state index < -0.39 is 5.97 Å². The molecule has 0 aromatic carbocycles. The van der Waals surface area contributed by atoms with Gasteiger partial charge in [-0.05, 0) is 47.0 Å². The molecule has 26 heavy (non-hydrogen) atoms. The van der Waals surface area contributed by atoms with E-state index in [1.807, 2.05) is 10.9 Å². The fourth-order valence-electron chi connectivity index (χ4n) is 1.76. The Kier molecular flexibility index (Phi) is 9.93. The molecular formula is C18H23BrN4O3. The van der Waals surface area contributed by atoms with Gasteiger partial charge >= 0.3 is 5.97 Å². The molecule has 0 aliphatic heterocycles. The number of pyridine rings is 1. The van der Waals surface area contributed by atoms with Crippen LogP contribution in [0, 0.1) is 0 Å². The van der Waals surface area contributed by atoms with Gasteiger partial charge < -0.3 is 9.47 Å². The smallest absolute Gasteiger partial charge is 0.356 e. The first-order valence-corrected chi connectivity index (χ1v) is 9.12. The summed E-state index contributed by atoms with van der Waals surface area (Å²) < 4.78 is 11.4. The van der Waals surface area contributed by atoms with E-state index in [0.717, 1.165) is 13.0 Å². The molecule has 0 atom stereocenters. The summed E-state index contributed by atoms with van der Waals surface area (Å²) in [5.41, 5.74) is 3.12. The second kappa shape index (κ2) is 12.0. The Balaban J connectivity index is 0.000000314. The van der Waals surface area contributed by atoms with Crippen molar-refractivity contribution in [1.82, 2.24) is 14.8 Å². The molecule has 0 amide bonds. The van der Waals surface area contributed by atoms with Crippen molar-refractivity contribution >= 4 is 34.0 Å². The van der Waals surface area contributed by atoms with Crippen LogP contribution in [-0.4, -0.2) is 39.8 Å². The van der Waals surface area contributed by atoms with Crippen molar-refractivity contribution in [1.29, 1.82) is 0 Å². The van der Waals surface area contributed by atoms with Gasteiger partial charge in [-0.15, -0.1) is 0 Å². The highest BCUT2D eigenvalue weighted by atomic mass is 79.9. The molecule has 0 fully saturated rings. The monoisotopic (exact) mass is 422 g/mol. The van der Waals surface area contributed by atoms with Gasteiger partial charge in [0.2, 0.25) is 0 Å². The van der Waals surface area contributed by atoms with E-state index in [1.165, 1.54) is 25.3 Å². The molecule has 0 unspecified atom stereocenters. The van der Waals surface area contributed by atoms with Crippen LogP contribution in [0.1, 0.15) is 35.5 Å². The number of esters is 1. The van der Waals surface area contributed by atoms with E-state index in [-0.39, 0.29) is 5.69 Å². The Morgan fingerprint density at radius 2 is 2.15 bits per heavy atom. The number of methoxy groups -OCH3 is 1. The Morgan fingerprint density at radius 1 is 1.38 bits per heavy atom. The third-order valence-corrected chi connectivity index (χ3v) is 3.52. The van der Waals surface area contributed by atoms with Crippen LogP contribution < -0.4 is 0 Å². The highest BCUT2D eigenvalue weighted by Crippen LogP contribution is 2.12. The van der Waals surface area contributed by atoms with Gasteiger partial charge in [0.1, 0.15) is 11.2 Å². The molecule has 2 heterocycles. The number of ether oxygens (including phenoxy) is 2. The largest absolute Gasteiger partial charge is 0.472 e. The zero-order valence-corrected chi connectivity index (χ0v) is 16.8. The molecule has 0 N–H and O–H groups in total. The van der Waals surface area contributed by atoms with E-state index in [9.17, 15) is 4.79 Å². The SMILES string of the molecule is C=C(N=COCBr)c1ccc(C(=O)OC)nc1.CCc1cnn(CC)c1. The number of carbonyl (C=O) groups excluding carboxylic acids is 1. The lowest BCUT2D eigenvalue weighted by molar-refractivity contribution is 0.0594. The summed E-state index contributed by atoms with van der Waals surface area (Å²) in [7, 11) is 1.30. The van der Waals surface area contributed by atoms with Crippen molar-refractivity contribution in [2.45, 2.75) is 26.8 Å². The van der Waals surface area contributed by atoms with E-state index in [0.29, 0.717) is 16.8 Å². The van der Waals surface area contributed by atoms with Gasteiger partial charge in [-0.2, -0.15) is 5.10 Å². The van der Waals surface area contributed by atoms with Crippen molar-refractivity contribution in [3.8, 4) is 0 Å². The summed E-state index contributed by atoms with van der Waals surface area (Å²) >= 11 is 3.08. The van der Waals surface area contributed by atoms with Crippen molar-refractivity contribution in [2.24, 2.45) is 4.99 Å². The summed E-state index contributed by atoms with van der Waals surface area (Å²) in [5.74, 6) is -0.478. The van der Waals surface area contributed by atoms with Crippen LogP contribution >= 0.6 is 15.9 Å². The molecule has 7 nitrogen and oxygen atoms in total. The first-order valence-electron chi connectivity index (χ1n) is 8.00. The van der Waals surface area contributed by atoms with Gasteiger partial charge in [0.15, 0.2) is 6.40 Å². The zero-order chi connectivity index (χ0) is 19.4. The molecule has 2 aromatic rings. The minimum Gasteiger partial charge on any atom is -0.472 e. The highest BCUT2D eigenvalue weighted by molar-refractivity contribution is 9.09. The first kappa shape index (κ1) is 21.6. The molecule has 0 aliphatic carbocycles. The van der Waals surface area contributed by atoms with Crippen molar-refractivity contribution < 1.29 is 14.3 Å². The normalized spacial score (nSPS) is 10.2. The number of halogens is 1. The Labute approximate surface area is 161 Å². The molecule has 0 spiro atoms. The molecular weight excluding hydrogens is 400 g/mol. The number of nitrogens with zero attached hydrogens (tertiary/aromatic N) is 4. The maximum atomic E-state index is 11.1. The number of aromatic nitrogens is 3. The summed E-state index contributed by atoms with van der Waals surface area (Å²) in [4.78, 5) is 19.0. The summed E-state index contributed by atoms with van der Waals surface area (Å²) in [6.45, 7) is 8.94. The van der Waals surface area contributed by atoms with E-state index in [4.69, 9.17) is 4.74 Å². The molecule has 0 aliphatic rings. The lowest BCUT2D eigenvalue weighted by Gasteiger charge is -2.01. The topological polar surface area (TPSA) is 78.6 Å². The van der Waals surface area contributed by atoms with E-state index >= 15 is 0 Å². The molecule has 0 radical (unpaired) electrons. The minimum atomic E-state index is -0.478. The van der Waals surface area contributed by atoms with E-state index in [2.05, 4.69) is 62.4 Å². The van der Waals surface area contributed by atoms with Gasteiger partial charge in [-0.1, -0.05) is 13.5 Å². The quantitative estimate of drug-likeness (QED) is 0.294. The predicted molar refractivity (Wildman–Crippen MR) is 105 cm³/mol. The molecule has 2 rings (SSSR count). The standard InChI is InChI=1S/C11H11BrN2O3.C7H12N2/c1-8(14-7-17-6-12)9-3-4-10(13-5-9)11(15)16-2;1-3-7-5-8-9(4-2)6-7/h3-5,7H,1,6H2,2H3;5-6H,3-4H2,1-2H3. The van der Waals surface area contributed by atoms with Gasteiger partial charge in [-0.3, -0.25) is 4.68 Å². The third kappa shape index (κ3) is 7.18. The molecule has 0 bridgehead atoms. The lowest BCUT2D eigenvalue weighted by atomic mass is 10.2. The Bertz CT molecular complexity index is 708. The van der Waals surface area contributed by atoms with Crippen LogP contribution in [-0.2, 0) is 22.4 Å². The maximum Gasteiger partial charge on any atom is 0.356 e. The Morgan fingerprint density at radius 3 is 2.62 bits per heavy atom. The summed E-state index contributed by atoms with van der Waals surface area (Å²) in [6.07, 6.45) is 7.87. The molecule has 0 saturated heterocycles. The third-order valence-electron chi connectivity index (χ3n) is 3.26.